The molecule has 1 heterocycles. The Morgan fingerprint density at radius 2 is 1.93 bits per heavy atom. The molecular weight excluding hydrogens is 378 g/mol. The average Bonchev–Trinajstić information content (AvgIpc) is 3.20. The van der Waals surface area contributed by atoms with Gasteiger partial charge in [-0.15, -0.1) is 10.2 Å². The number of nitrogens with zero attached hydrogens (tertiary/aromatic N) is 3. The van der Waals surface area contributed by atoms with Crippen LogP contribution in [0.4, 0.5) is 0 Å². The van der Waals surface area contributed by atoms with E-state index in [-0.39, 0.29) is 12.6 Å². The van der Waals surface area contributed by atoms with E-state index in [4.69, 9.17) is 9.47 Å². The highest BCUT2D eigenvalue weighted by Crippen LogP contribution is 2.20. The van der Waals surface area contributed by atoms with Crippen molar-refractivity contribution < 1.29 is 19.4 Å². The summed E-state index contributed by atoms with van der Waals surface area (Å²) in [6.45, 7) is 2.22. The van der Waals surface area contributed by atoms with Crippen molar-refractivity contribution in [3.05, 3.63) is 66.5 Å². The maximum absolute atomic E-state index is 11.6. The van der Waals surface area contributed by atoms with Gasteiger partial charge in [-0.25, -0.2) is 4.79 Å². The SMILES string of the molecule is CCOC(=O)c1ccc(OCC(O)CSc2nncn2-c2ccccc2)cc1. The molecule has 146 valence electrons. The molecule has 0 amide bonds. The van der Waals surface area contributed by atoms with Gasteiger partial charge in [0, 0.05) is 11.4 Å². The van der Waals surface area contributed by atoms with Crippen LogP contribution in [0.25, 0.3) is 5.69 Å². The lowest BCUT2D eigenvalue weighted by Crippen LogP contribution is -2.20. The van der Waals surface area contributed by atoms with Crippen molar-refractivity contribution in [3.8, 4) is 11.4 Å². The lowest BCUT2D eigenvalue weighted by molar-refractivity contribution is 0.0526. The topological polar surface area (TPSA) is 86.5 Å². The third-order valence-corrected chi connectivity index (χ3v) is 4.85. The van der Waals surface area contributed by atoms with E-state index in [1.165, 1.54) is 11.8 Å². The number of aromatic nitrogens is 3. The summed E-state index contributed by atoms with van der Waals surface area (Å²) >= 11 is 1.40. The molecule has 1 atom stereocenters. The fourth-order valence-corrected chi connectivity index (χ4v) is 3.24. The largest absolute Gasteiger partial charge is 0.491 e. The highest BCUT2D eigenvalue weighted by Gasteiger charge is 2.12. The average molecular weight is 399 g/mol. The maximum atomic E-state index is 11.6. The fourth-order valence-electron chi connectivity index (χ4n) is 2.40. The Hall–Kier alpha value is -2.84. The van der Waals surface area contributed by atoms with Crippen LogP contribution in [0.5, 0.6) is 5.75 Å². The molecule has 0 fully saturated rings. The highest BCUT2D eigenvalue weighted by atomic mass is 32.2. The van der Waals surface area contributed by atoms with Crippen LogP contribution in [0.3, 0.4) is 0 Å². The summed E-state index contributed by atoms with van der Waals surface area (Å²) in [6, 6.07) is 16.4. The summed E-state index contributed by atoms with van der Waals surface area (Å²) in [7, 11) is 0. The molecule has 0 saturated carbocycles. The first-order valence-corrected chi connectivity index (χ1v) is 9.82. The minimum atomic E-state index is -0.685. The van der Waals surface area contributed by atoms with Crippen molar-refractivity contribution in [1.82, 2.24) is 14.8 Å². The second-order valence-corrected chi connectivity index (χ2v) is 6.83. The first-order chi connectivity index (χ1) is 13.7. The number of hydrogen-bond donors (Lipinski definition) is 1. The van der Waals surface area contributed by atoms with Gasteiger partial charge in [0.25, 0.3) is 0 Å². The molecule has 1 aromatic heterocycles. The summed E-state index contributed by atoms with van der Waals surface area (Å²) in [5.41, 5.74) is 1.42. The highest BCUT2D eigenvalue weighted by molar-refractivity contribution is 7.99. The van der Waals surface area contributed by atoms with E-state index in [0.717, 1.165) is 5.69 Å². The Morgan fingerprint density at radius 3 is 2.64 bits per heavy atom. The van der Waals surface area contributed by atoms with Crippen LogP contribution in [0.15, 0.2) is 66.1 Å². The van der Waals surface area contributed by atoms with Crippen molar-refractivity contribution in [2.45, 2.75) is 18.2 Å². The number of aliphatic hydroxyl groups is 1. The summed E-state index contributed by atoms with van der Waals surface area (Å²) in [4.78, 5) is 11.6. The molecule has 1 unspecified atom stereocenters. The van der Waals surface area contributed by atoms with Crippen molar-refractivity contribution in [2.24, 2.45) is 0 Å². The van der Waals surface area contributed by atoms with Gasteiger partial charge in [-0.1, -0.05) is 30.0 Å². The van der Waals surface area contributed by atoms with Crippen LogP contribution in [0.2, 0.25) is 0 Å². The maximum Gasteiger partial charge on any atom is 0.338 e. The van der Waals surface area contributed by atoms with Crippen LogP contribution in [-0.4, -0.2) is 50.9 Å². The minimum Gasteiger partial charge on any atom is -0.491 e. The smallest absolute Gasteiger partial charge is 0.338 e. The summed E-state index contributed by atoms with van der Waals surface area (Å²) < 4.78 is 12.4. The summed E-state index contributed by atoms with van der Waals surface area (Å²) in [6.07, 6.45) is 0.960. The fraction of sp³-hybridized carbons (Fsp3) is 0.250. The normalized spacial score (nSPS) is 11.8. The molecule has 7 nitrogen and oxygen atoms in total. The standard InChI is InChI=1S/C20H21N3O4S/c1-2-26-19(25)15-8-10-18(11-9-15)27-12-17(24)13-28-20-22-21-14-23(20)16-6-4-3-5-7-16/h3-11,14,17,24H,2,12-13H2,1H3. The second kappa shape index (κ2) is 9.91. The van der Waals surface area contributed by atoms with E-state index in [1.807, 2.05) is 34.9 Å². The van der Waals surface area contributed by atoms with Crippen molar-refractivity contribution in [2.75, 3.05) is 19.0 Å². The third-order valence-electron chi connectivity index (χ3n) is 3.76. The zero-order chi connectivity index (χ0) is 19.8. The molecule has 0 saturated heterocycles. The number of rotatable bonds is 9. The Bertz CT molecular complexity index is 884. The predicted molar refractivity (Wildman–Crippen MR) is 106 cm³/mol. The molecule has 2 aromatic carbocycles. The van der Waals surface area contributed by atoms with Crippen LogP contribution < -0.4 is 4.74 Å². The zero-order valence-corrected chi connectivity index (χ0v) is 16.2. The van der Waals surface area contributed by atoms with Gasteiger partial charge in [-0.2, -0.15) is 0 Å². The van der Waals surface area contributed by atoms with Crippen LogP contribution >= 0.6 is 11.8 Å². The molecule has 0 bridgehead atoms. The van der Waals surface area contributed by atoms with E-state index in [2.05, 4.69) is 10.2 Å². The third kappa shape index (κ3) is 5.34. The van der Waals surface area contributed by atoms with E-state index in [9.17, 15) is 9.90 Å². The first-order valence-electron chi connectivity index (χ1n) is 8.83. The van der Waals surface area contributed by atoms with Crippen molar-refractivity contribution in [3.63, 3.8) is 0 Å². The van der Waals surface area contributed by atoms with E-state index in [0.29, 0.717) is 28.8 Å². The van der Waals surface area contributed by atoms with Gasteiger partial charge >= 0.3 is 5.97 Å². The number of carbonyl (C=O) groups excluding carboxylic acids is 1. The lowest BCUT2D eigenvalue weighted by Gasteiger charge is -2.12. The van der Waals surface area contributed by atoms with Crippen LogP contribution in [0.1, 0.15) is 17.3 Å². The van der Waals surface area contributed by atoms with Gasteiger partial charge < -0.3 is 14.6 Å². The quantitative estimate of drug-likeness (QED) is 0.437. The predicted octanol–water partition coefficient (Wildman–Crippen LogP) is 2.98. The van der Waals surface area contributed by atoms with E-state index in [1.54, 1.807) is 37.5 Å². The Kier molecular flexibility index (Phi) is 7.05. The molecule has 3 rings (SSSR count). The van der Waals surface area contributed by atoms with Gasteiger partial charge in [0.1, 0.15) is 18.7 Å². The molecule has 28 heavy (non-hydrogen) atoms. The van der Waals surface area contributed by atoms with Crippen LogP contribution in [0, 0.1) is 0 Å². The first kappa shape index (κ1) is 19.9. The molecule has 0 aliphatic rings. The number of thioether (sulfide) groups is 1. The van der Waals surface area contributed by atoms with E-state index >= 15 is 0 Å². The Morgan fingerprint density at radius 1 is 1.18 bits per heavy atom. The van der Waals surface area contributed by atoms with E-state index < -0.39 is 6.10 Å². The Balaban J connectivity index is 1.49. The van der Waals surface area contributed by atoms with Gasteiger partial charge in [0.2, 0.25) is 0 Å². The summed E-state index contributed by atoms with van der Waals surface area (Å²) in [5, 5.41) is 19.0. The number of carbonyl (C=O) groups is 1. The molecule has 0 radical (unpaired) electrons. The van der Waals surface area contributed by atoms with Crippen molar-refractivity contribution in [1.29, 1.82) is 0 Å². The van der Waals surface area contributed by atoms with Gasteiger partial charge in [-0.05, 0) is 43.3 Å². The monoisotopic (exact) mass is 399 g/mol. The second-order valence-electron chi connectivity index (χ2n) is 5.84. The zero-order valence-electron chi connectivity index (χ0n) is 15.4. The lowest BCUT2D eigenvalue weighted by atomic mass is 10.2. The minimum absolute atomic E-state index is 0.130. The van der Waals surface area contributed by atoms with Crippen LogP contribution in [-0.2, 0) is 4.74 Å². The van der Waals surface area contributed by atoms with Gasteiger partial charge in [-0.3, -0.25) is 4.57 Å². The summed E-state index contributed by atoms with van der Waals surface area (Å²) in [5.74, 6) is 0.615. The molecule has 8 heteroatoms. The van der Waals surface area contributed by atoms with Gasteiger partial charge in [0.05, 0.1) is 18.3 Å². The number of benzene rings is 2. The number of aliphatic hydroxyl groups excluding tert-OH is 1. The van der Waals surface area contributed by atoms with Crippen molar-refractivity contribution >= 4 is 17.7 Å². The molecular formula is C20H21N3O4S. The van der Waals surface area contributed by atoms with Gasteiger partial charge in [0.15, 0.2) is 5.16 Å². The molecule has 0 spiro atoms. The number of esters is 1. The molecule has 3 aromatic rings. The number of hydrogen-bond acceptors (Lipinski definition) is 7. The molecule has 0 aliphatic heterocycles. The molecule has 0 aliphatic carbocycles. The number of ether oxygens (including phenoxy) is 2. The molecule has 1 N–H and O–H groups in total. The number of para-hydroxylation sites is 1. The Labute approximate surface area is 167 Å².